The Balaban J connectivity index is 2.21. The maximum atomic E-state index is 13.7. The van der Waals surface area contributed by atoms with Crippen molar-refractivity contribution < 1.29 is 13.9 Å². The van der Waals surface area contributed by atoms with Crippen molar-refractivity contribution in [3.63, 3.8) is 0 Å². The quantitative estimate of drug-likeness (QED) is 0.795. The number of aliphatic hydroxyl groups is 1. The molecule has 0 bridgehead atoms. The van der Waals surface area contributed by atoms with Crippen molar-refractivity contribution >= 4 is 11.8 Å². The molecule has 0 fully saturated rings. The van der Waals surface area contributed by atoms with Crippen LogP contribution < -0.4 is 0 Å². The number of hydrogen-bond acceptors (Lipinski definition) is 4. The fraction of sp³-hybridized carbons (Fsp3) is 0.167. The molecule has 1 unspecified atom stereocenters. The van der Waals surface area contributed by atoms with E-state index in [-0.39, 0.29) is 11.3 Å². The first-order valence-corrected chi connectivity index (χ1v) is 6.25. The van der Waals surface area contributed by atoms with Crippen molar-refractivity contribution in [1.82, 2.24) is 9.97 Å². The second-order valence-corrected chi connectivity index (χ2v) is 4.83. The molecule has 18 heavy (non-hydrogen) atoms. The van der Waals surface area contributed by atoms with Crippen molar-refractivity contribution in [2.75, 3.05) is 0 Å². The highest BCUT2D eigenvalue weighted by Gasteiger charge is 2.27. The molecule has 0 saturated carbocycles. The SMILES string of the molecule is OC1c2ccc(F)c(F)c2CSc2nccnc21. The average molecular weight is 266 g/mol. The number of nitrogens with zero attached hydrogens (tertiary/aromatic N) is 2. The molecule has 1 atom stereocenters. The normalized spacial score (nSPS) is 17.8. The van der Waals surface area contributed by atoms with Crippen LogP contribution in [0.3, 0.4) is 0 Å². The standard InChI is InChI=1S/C12H8F2N2OS/c13-8-2-1-6-7(9(8)14)5-18-12-10(11(6)17)15-3-4-16-12/h1-4,11,17H,5H2. The molecule has 92 valence electrons. The van der Waals surface area contributed by atoms with Gasteiger partial charge in [-0.2, -0.15) is 0 Å². The summed E-state index contributed by atoms with van der Waals surface area (Å²) in [6, 6.07) is 2.41. The summed E-state index contributed by atoms with van der Waals surface area (Å²) in [5.74, 6) is -1.60. The van der Waals surface area contributed by atoms with Crippen molar-refractivity contribution in [3.05, 3.63) is 53.0 Å². The number of aliphatic hydroxyl groups excluding tert-OH is 1. The third-order valence-electron chi connectivity index (χ3n) is 2.83. The second-order valence-electron chi connectivity index (χ2n) is 3.87. The van der Waals surface area contributed by atoms with Crippen LogP contribution in [0.25, 0.3) is 0 Å². The molecule has 2 heterocycles. The zero-order valence-corrected chi connectivity index (χ0v) is 9.92. The fourth-order valence-electron chi connectivity index (χ4n) is 1.93. The molecule has 0 aliphatic carbocycles. The lowest BCUT2D eigenvalue weighted by Crippen LogP contribution is -2.07. The van der Waals surface area contributed by atoms with Crippen LogP contribution in [0.2, 0.25) is 0 Å². The van der Waals surface area contributed by atoms with Crippen LogP contribution >= 0.6 is 11.8 Å². The molecule has 1 aromatic heterocycles. The Morgan fingerprint density at radius 3 is 2.83 bits per heavy atom. The Morgan fingerprint density at radius 1 is 1.22 bits per heavy atom. The van der Waals surface area contributed by atoms with Crippen LogP contribution in [0.4, 0.5) is 8.78 Å². The van der Waals surface area contributed by atoms with Gasteiger partial charge < -0.3 is 5.11 Å². The van der Waals surface area contributed by atoms with Crippen LogP contribution in [0.15, 0.2) is 29.6 Å². The molecule has 2 aromatic rings. The van der Waals surface area contributed by atoms with Gasteiger partial charge in [0.25, 0.3) is 0 Å². The highest BCUT2D eigenvalue weighted by molar-refractivity contribution is 7.98. The van der Waals surface area contributed by atoms with Crippen LogP contribution in [0, 0.1) is 11.6 Å². The summed E-state index contributed by atoms with van der Waals surface area (Å²) in [6.45, 7) is 0. The van der Waals surface area contributed by atoms with E-state index in [4.69, 9.17) is 0 Å². The zero-order chi connectivity index (χ0) is 12.7. The molecule has 3 rings (SSSR count). The topological polar surface area (TPSA) is 46.0 Å². The third-order valence-corrected chi connectivity index (χ3v) is 3.85. The van der Waals surface area contributed by atoms with E-state index >= 15 is 0 Å². The van der Waals surface area contributed by atoms with Crippen LogP contribution in [-0.4, -0.2) is 15.1 Å². The van der Waals surface area contributed by atoms with Gasteiger partial charge in [0, 0.05) is 23.7 Å². The summed E-state index contributed by atoms with van der Waals surface area (Å²) in [7, 11) is 0. The Bertz CT molecular complexity index is 621. The van der Waals surface area contributed by atoms with Gasteiger partial charge in [0.1, 0.15) is 16.8 Å². The molecule has 1 N–H and O–H groups in total. The minimum absolute atomic E-state index is 0.173. The molecule has 0 spiro atoms. The number of rotatable bonds is 0. The molecule has 0 saturated heterocycles. The average Bonchev–Trinajstić information content (AvgIpc) is 2.53. The maximum Gasteiger partial charge on any atom is 0.163 e. The maximum absolute atomic E-state index is 13.7. The molecule has 0 radical (unpaired) electrons. The van der Waals surface area contributed by atoms with Gasteiger partial charge in [0.15, 0.2) is 11.6 Å². The van der Waals surface area contributed by atoms with Gasteiger partial charge in [0.05, 0.1) is 0 Å². The first-order chi connectivity index (χ1) is 8.68. The number of benzene rings is 1. The highest BCUT2D eigenvalue weighted by atomic mass is 32.2. The predicted octanol–water partition coefficient (Wildman–Crippen LogP) is 2.44. The molecular formula is C12H8F2N2OS. The lowest BCUT2D eigenvalue weighted by atomic mass is 10.0. The lowest BCUT2D eigenvalue weighted by molar-refractivity contribution is 0.210. The fourth-order valence-corrected chi connectivity index (χ4v) is 2.96. The molecule has 3 nitrogen and oxygen atoms in total. The molecule has 1 aliphatic heterocycles. The summed E-state index contributed by atoms with van der Waals surface area (Å²) in [6.07, 6.45) is 1.90. The molecule has 0 amide bonds. The van der Waals surface area contributed by atoms with Crippen LogP contribution in [-0.2, 0) is 5.75 Å². The number of fused-ring (bicyclic) bond motifs is 2. The first kappa shape index (κ1) is 11.6. The van der Waals surface area contributed by atoms with Gasteiger partial charge in [-0.1, -0.05) is 17.8 Å². The minimum Gasteiger partial charge on any atom is -0.382 e. The number of thioether (sulfide) groups is 1. The Morgan fingerprint density at radius 2 is 2.00 bits per heavy atom. The van der Waals surface area contributed by atoms with Gasteiger partial charge in [-0.25, -0.2) is 13.8 Å². The smallest absolute Gasteiger partial charge is 0.163 e. The van der Waals surface area contributed by atoms with Gasteiger partial charge in [-0.15, -0.1) is 0 Å². The number of hydrogen-bond donors (Lipinski definition) is 1. The monoisotopic (exact) mass is 266 g/mol. The van der Waals surface area contributed by atoms with Crippen molar-refractivity contribution in [2.24, 2.45) is 0 Å². The van der Waals surface area contributed by atoms with E-state index in [0.717, 1.165) is 6.07 Å². The van der Waals surface area contributed by atoms with Crippen molar-refractivity contribution in [3.8, 4) is 0 Å². The van der Waals surface area contributed by atoms with Crippen LogP contribution in [0.1, 0.15) is 22.9 Å². The number of halogens is 2. The summed E-state index contributed by atoms with van der Waals surface area (Å²) >= 11 is 1.24. The summed E-state index contributed by atoms with van der Waals surface area (Å²) in [5, 5.41) is 10.7. The van der Waals surface area contributed by atoms with E-state index in [9.17, 15) is 13.9 Å². The first-order valence-electron chi connectivity index (χ1n) is 5.27. The van der Waals surface area contributed by atoms with Crippen LogP contribution in [0.5, 0.6) is 0 Å². The zero-order valence-electron chi connectivity index (χ0n) is 9.10. The van der Waals surface area contributed by atoms with E-state index < -0.39 is 17.7 Å². The molecule has 1 aliphatic rings. The van der Waals surface area contributed by atoms with Gasteiger partial charge in [-0.05, 0) is 11.6 Å². The summed E-state index contributed by atoms with van der Waals surface area (Å²) in [5.41, 5.74) is 0.903. The van der Waals surface area contributed by atoms with E-state index in [1.165, 1.54) is 30.2 Å². The van der Waals surface area contributed by atoms with Crippen molar-refractivity contribution in [2.45, 2.75) is 16.9 Å². The Hall–Kier alpha value is -1.53. The molecule has 1 aromatic carbocycles. The van der Waals surface area contributed by atoms with E-state index in [0.29, 0.717) is 16.3 Å². The predicted molar refractivity (Wildman–Crippen MR) is 62.0 cm³/mol. The van der Waals surface area contributed by atoms with E-state index in [1.807, 2.05) is 0 Å². The van der Waals surface area contributed by atoms with Crippen molar-refractivity contribution in [1.29, 1.82) is 0 Å². The van der Waals surface area contributed by atoms with E-state index in [1.54, 1.807) is 0 Å². The largest absolute Gasteiger partial charge is 0.382 e. The Labute approximate surface area is 106 Å². The second kappa shape index (κ2) is 4.29. The third kappa shape index (κ3) is 1.69. The molecule has 6 heteroatoms. The minimum atomic E-state index is -1.08. The summed E-state index contributed by atoms with van der Waals surface area (Å²) < 4.78 is 26.9. The number of aromatic nitrogens is 2. The summed E-state index contributed by atoms with van der Waals surface area (Å²) in [4.78, 5) is 8.15. The van der Waals surface area contributed by atoms with Gasteiger partial charge in [-0.3, -0.25) is 4.98 Å². The van der Waals surface area contributed by atoms with E-state index in [2.05, 4.69) is 9.97 Å². The Kier molecular flexibility index (Phi) is 2.76. The van der Waals surface area contributed by atoms with Gasteiger partial charge in [0.2, 0.25) is 0 Å². The molecular weight excluding hydrogens is 258 g/mol. The van der Waals surface area contributed by atoms with Gasteiger partial charge >= 0.3 is 0 Å². The highest BCUT2D eigenvalue weighted by Crippen LogP contribution is 2.38. The lowest BCUT2D eigenvalue weighted by Gasteiger charge is -2.12.